The van der Waals surface area contributed by atoms with Crippen LogP contribution in [0, 0.1) is 11.8 Å². The van der Waals surface area contributed by atoms with Gasteiger partial charge in [0.05, 0.1) is 6.54 Å². The van der Waals surface area contributed by atoms with Crippen molar-refractivity contribution < 1.29 is 9.90 Å². The molecule has 112 valence electrons. The number of carboxylic acids is 1. The lowest BCUT2D eigenvalue weighted by molar-refractivity contribution is -0.138. The standard InChI is InChI=1S/C15H30N2O2/c1-4-16(11-13(2)3)8-5-14-6-9-17(10-7-14)12-15(18)19/h13-14H,4-12H2,1-3H3,(H,18,19). The van der Waals surface area contributed by atoms with Crippen LogP contribution in [-0.4, -0.2) is 60.1 Å². The molecular weight excluding hydrogens is 240 g/mol. The SMILES string of the molecule is CCN(CCC1CCN(CC(=O)O)CC1)CC(C)C. The predicted octanol–water partition coefficient (Wildman–Crippen LogP) is 2.15. The summed E-state index contributed by atoms with van der Waals surface area (Å²) in [6, 6.07) is 0. The van der Waals surface area contributed by atoms with Crippen molar-refractivity contribution in [1.29, 1.82) is 0 Å². The number of hydrogen-bond acceptors (Lipinski definition) is 3. The fraction of sp³-hybridized carbons (Fsp3) is 0.933. The molecule has 0 aromatic rings. The average molecular weight is 270 g/mol. The second kappa shape index (κ2) is 8.54. The maximum atomic E-state index is 10.7. The third kappa shape index (κ3) is 6.92. The van der Waals surface area contributed by atoms with Gasteiger partial charge in [-0.05, 0) is 57.3 Å². The van der Waals surface area contributed by atoms with Crippen LogP contribution in [0.15, 0.2) is 0 Å². The summed E-state index contributed by atoms with van der Waals surface area (Å²) in [6.45, 7) is 12.4. The molecule has 1 aliphatic heterocycles. The second-order valence-electron chi connectivity index (χ2n) is 6.19. The summed E-state index contributed by atoms with van der Waals surface area (Å²) < 4.78 is 0. The highest BCUT2D eigenvalue weighted by molar-refractivity contribution is 5.69. The summed E-state index contributed by atoms with van der Waals surface area (Å²) >= 11 is 0. The molecule has 0 unspecified atom stereocenters. The van der Waals surface area contributed by atoms with Gasteiger partial charge in [-0.3, -0.25) is 9.69 Å². The van der Waals surface area contributed by atoms with E-state index in [1.165, 1.54) is 19.5 Å². The summed E-state index contributed by atoms with van der Waals surface area (Å²) in [5.74, 6) is 0.816. The Morgan fingerprint density at radius 2 is 2.00 bits per heavy atom. The molecule has 1 fully saturated rings. The zero-order valence-corrected chi connectivity index (χ0v) is 12.8. The van der Waals surface area contributed by atoms with Crippen LogP contribution in [0.4, 0.5) is 0 Å². The van der Waals surface area contributed by atoms with Crippen molar-refractivity contribution in [2.75, 3.05) is 39.3 Å². The van der Waals surface area contributed by atoms with Crippen molar-refractivity contribution in [2.24, 2.45) is 11.8 Å². The maximum Gasteiger partial charge on any atom is 0.317 e. The quantitative estimate of drug-likeness (QED) is 0.734. The predicted molar refractivity (Wildman–Crippen MR) is 78.4 cm³/mol. The molecule has 0 spiro atoms. The van der Waals surface area contributed by atoms with Crippen LogP contribution < -0.4 is 0 Å². The van der Waals surface area contributed by atoms with Crippen LogP contribution in [0.5, 0.6) is 0 Å². The van der Waals surface area contributed by atoms with Gasteiger partial charge in [-0.1, -0.05) is 20.8 Å². The first-order valence-electron chi connectivity index (χ1n) is 7.67. The normalized spacial score (nSPS) is 18.4. The van der Waals surface area contributed by atoms with Gasteiger partial charge < -0.3 is 10.0 Å². The molecular formula is C15H30N2O2. The maximum absolute atomic E-state index is 10.7. The van der Waals surface area contributed by atoms with Crippen molar-refractivity contribution in [3.05, 3.63) is 0 Å². The van der Waals surface area contributed by atoms with Gasteiger partial charge in [-0.15, -0.1) is 0 Å². The van der Waals surface area contributed by atoms with E-state index >= 15 is 0 Å². The summed E-state index contributed by atoms with van der Waals surface area (Å²) in [5.41, 5.74) is 0. The summed E-state index contributed by atoms with van der Waals surface area (Å²) in [7, 11) is 0. The van der Waals surface area contributed by atoms with Crippen LogP contribution in [-0.2, 0) is 4.79 Å². The van der Waals surface area contributed by atoms with E-state index in [-0.39, 0.29) is 6.54 Å². The molecule has 1 saturated heterocycles. The fourth-order valence-electron chi connectivity index (χ4n) is 2.88. The Morgan fingerprint density at radius 1 is 1.37 bits per heavy atom. The topological polar surface area (TPSA) is 43.8 Å². The van der Waals surface area contributed by atoms with Crippen molar-refractivity contribution in [3.8, 4) is 0 Å². The van der Waals surface area contributed by atoms with Crippen LogP contribution in [0.1, 0.15) is 40.0 Å². The molecule has 0 radical (unpaired) electrons. The number of carbonyl (C=O) groups is 1. The van der Waals surface area contributed by atoms with E-state index in [1.54, 1.807) is 0 Å². The lowest BCUT2D eigenvalue weighted by Gasteiger charge is -2.32. The van der Waals surface area contributed by atoms with E-state index in [9.17, 15) is 4.79 Å². The van der Waals surface area contributed by atoms with E-state index in [1.807, 2.05) is 0 Å². The minimum Gasteiger partial charge on any atom is -0.480 e. The Balaban J connectivity index is 2.19. The molecule has 0 saturated carbocycles. The summed E-state index contributed by atoms with van der Waals surface area (Å²) in [5, 5.41) is 8.78. The van der Waals surface area contributed by atoms with E-state index in [4.69, 9.17) is 5.11 Å². The molecule has 0 atom stereocenters. The van der Waals surface area contributed by atoms with Crippen LogP contribution in [0.25, 0.3) is 0 Å². The number of rotatable bonds is 8. The van der Waals surface area contributed by atoms with Crippen molar-refractivity contribution >= 4 is 5.97 Å². The molecule has 0 amide bonds. The molecule has 4 heteroatoms. The fourth-order valence-corrected chi connectivity index (χ4v) is 2.88. The first kappa shape index (κ1) is 16.4. The Kier molecular flexibility index (Phi) is 7.39. The number of piperidine rings is 1. The van der Waals surface area contributed by atoms with Gasteiger partial charge >= 0.3 is 5.97 Å². The average Bonchev–Trinajstić information content (AvgIpc) is 2.35. The van der Waals surface area contributed by atoms with E-state index in [0.29, 0.717) is 0 Å². The third-order valence-electron chi connectivity index (χ3n) is 3.99. The highest BCUT2D eigenvalue weighted by Gasteiger charge is 2.21. The summed E-state index contributed by atoms with van der Waals surface area (Å²) in [4.78, 5) is 15.3. The highest BCUT2D eigenvalue weighted by Crippen LogP contribution is 2.20. The first-order chi connectivity index (χ1) is 9.01. The van der Waals surface area contributed by atoms with Crippen molar-refractivity contribution in [3.63, 3.8) is 0 Å². The Hall–Kier alpha value is -0.610. The number of hydrogen-bond donors (Lipinski definition) is 1. The minimum atomic E-state index is -0.701. The van der Waals surface area contributed by atoms with Gasteiger partial charge in [0.15, 0.2) is 0 Å². The molecule has 1 heterocycles. The van der Waals surface area contributed by atoms with Gasteiger partial charge in [-0.25, -0.2) is 0 Å². The molecule has 1 aliphatic rings. The number of nitrogens with zero attached hydrogens (tertiary/aromatic N) is 2. The number of carboxylic acid groups (broad SMARTS) is 1. The van der Waals surface area contributed by atoms with E-state index in [2.05, 4.69) is 30.6 Å². The summed E-state index contributed by atoms with van der Waals surface area (Å²) in [6.07, 6.45) is 3.58. The number of likely N-dealkylation sites (tertiary alicyclic amines) is 1. The Morgan fingerprint density at radius 3 is 2.47 bits per heavy atom. The Bertz CT molecular complexity index is 261. The van der Waals surface area contributed by atoms with Gasteiger partial charge in [0.1, 0.15) is 0 Å². The van der Waals surface area contributed by atoms with Crippen LogP contribution in [0.2, 0.25) is 0 Å². The highest BCUT2D eigenvalue weighted by atomic mass is 16.4. The molecule has 0 aliphatic carbocycles. The molecule has 4 nitrogen and oxygen atoms in total. The van der Waals surface area contributed by atoms with Gasteiger partial charge in [-0.2, -0.15) is 0 Å². The first-order valence-corrected chi connectivity index (χ1v) is 7.67. The second-order valence-corrected chi connectivity index (χ2v) is 6.19. The number of aliphatic carboxylic acids is 1. The largest absolute Gasteiger partial charge is 0.480 e. The van der Waals surface area contributed by atoms with Gasteiger partial charge in [0, 0.05) is 6.54 Å². The molecule has 0 bridgehead atoms. The van der Waals surface area contributed by atoms with E-state index in [0.717, 1.165) is 44.3 Å². The van der Waals surface area contributed by atoms with Crippen LogP contribution in [0.3, 0.4) is 0 Å². The zero-order chi connectivity index (χ0) is 14.3. The lowest BCUT2D eigenvalue weighted by Crippen LogP contribution is -2.38. The van der Waals surface area contributed by atoms with Gasteiger partial charge in [0.25, 0.3) is 0 Å². The minimum absolute atomic E-state index is 0.209. The molecule has 0 aromatic heterocycles. The Labute approximate surface area is 117 Å². The lowest BCUT2D eigenvalue weighted by atomic mass is 9.93. The molecule has 19 heavy (non-hydrogen) atoms. The third-order valence-corrected chi connectivity index (χ3v) is 3.99. The van der Waals surface area contributed by atoms with Gasteiger partial charge in [0.2, 0.25) is 0 Å². The molecule has 0 aromatic carbocycles. The molecule has 1 rings (SSSR count). The van der Waals surface area contributed by atoms with Crippen molar-refractivity contribution in [1.82, 2.24) is 9.80 Å². The zero-order valence-electron chi connectivity index (χ0n) is 12.8. The van der Waals surface area contributed by atoms with Crippen LogP contribution >= 0.6 is 0 Å². The smallest absolute Gasteiger partial charge is 0.317 e. The monoisotopic (exact) mass is 270 g/mol. The van der Waals surface area contributed by atoms with E-state index < -0.39 is 5.97 Å². The van der Waals surface area contributed by atoms with Crippen molar-refractivity contribution in [2.45, 2.75) is 40.0 Å². The molecule has 1 N–H and O–H groups in total.